The molecule has 0 unspecified atom stereocenters. The van der Waals surface area contributed by atoms with Gasteiger partial charge in [0.15, 0.2) is 5.78 Å². The third-order valence-electron chi connectivity index (χ3n) is 8.82. The lowest BCUT2D eigenvalue weighted by Gasteiger charge is -2.25. The lowest BCUT2D eigenvalue weighted by atomic mass is 10.0. The molecule has 22 heteroatoms. The van der Waals surface area contributed by atoms with Gasteiger partial charge in [-0.25, -0.2) is 4.79 Å². The summed E-state index contributed by atoms with van der Waals surface area (Å²) in [5, 5.41) is 20.1. The quantitative estimate of drug-likeness (QED) is 0.0393. The van der Waals surface area contributed by atoms with Crippen LogP contribution < -0.4 is 21.3 Å². The van der Waals surface area contributed by atoms with Crippen LogP contribution in [-0.2, 0) is 71.4 Å². The van der Waals surface area contributed by atoms with Gasteiger partial charge in [-0.3, -0.25) is 33.7 Å². The maximum Gasteiger partial charge on any atom is 0.407 e. The molecule has 6 amide bonds. The molecule has 1 aliphatic rings. The van der Waals surface area contributed by atoms with Crippen molar-refractivity contribution in [1.82, 2.24) is 26.2 Å². The van der Waals surface area contributed by atoms with E-state index in [-0.39, 0.29) is 50.8 Å². The number of aliphatic hydroxyl groups excluding tert-OH is 1. The van der Waals surface area contributed by atoms with Crippen LogP contribution in [0.5, 0.6) is 0 Å². The molecule has 1 rings (SSSR count). The summed E-state index contributed by atoms with van der Waals surface area (Å²) < 4.78 is 48.9. The molecule has 2 atom stereocenters. The zero-order valence-electron chi connectivity index (χ0n) is 39.0. The number of hydrogen-bond acceptors (Lipinski definition) is 17. The van der Waals surface area contributed by atoms with Gasteiger partial charge in [-0.15, -0.1) is 0 Å². The van der Waals surface area contributed by atoms with Gasteiger partial charge < -0.3 is 69.0 Å². The summed E-state index contributed by atoms with van der Waals surface area (Å²) in [6, 6.07) is -1.84. The molecule has 65 heavy (non-hydrogen) atoms. The molecule has 0 aliphatic carbocycles. The van der Waals surface area contributed by atoms with E-state index < -0.39 is 59.8 Å². The molecule has 22 nitrogen and oxygen atoms in total. The first-order chi connectivity index (χ1) is 31.1. The number of nitrogens with one attached hydrogen (secondary N) is 4. The molecule has 0 fully saturated rings. The zero-order valence-corrected chi connectivity index (χ0v) is 39.0. The first-order valence-electron chi connectivity index (χ1n) is 22.3. The number of alkyl carbamates (subject to hydrolysis) is 1. The largest absolute Gasteiger partial charge is 0.444 e. The van der Waals surface area contributed by atoms with E-state index in [4.69, 9.17) is 42.6 Å². The second-order valence-corrected chi connectivity index (χ2v) is 15.8. The van der Waals surface area contributed by atoms with Gasteiger partial charge in [-0.05, 0) is 46.0 Å². The van der Waals surface area contributed by atoms with Crippen LogP contribution in [0.1, 0.15) is 66.7 Å². The Labute approximate surface area is 382 Å². The summed E-state index contributed by atoms with van der Waals surface area (Å²) in [7, 11) is 0. The summed E-state index contributed by atoms with van der Waals surface area (Å²) in [5.74, 6) is -2.84. The Balaban J connectivity index is 1.93. The van der Waals surface area contributed by atoms with Crippen molar-refractivity contribution in [3.8, 4) is 0 Å². The number of amides is 6. The fourth-order valence-electron chi connectivity index (χ4n) is 5.47. The summed E-state index contributed by atoms with van der Waals surface area (Å²) in [4.78, 5) is 85.6. The SMILES string of the molecule is CC(C)[C@H](NC(=O)CCOCCOCCOCCOCCOCCOCCOCCOCCNC(=O)CCN1C(=O)C=CC1=O)C(=O)N[C@@H](CCCCNC(=O)OC(C)(C)C)C(=O)CO. The van der Waals surface area contributed by atoms with Gasteiger partial charge >= 0.3 is 6.09 Å². The van der Waals surface area contributed by atoms with Crippen molar-refractivity contribution in [3.63, 3.8) is 0 Å². The van der Waals surface area contributed by atoms with Crippen molar-refractivity contribution in [2.24, 2.45) is 5.92 Å². The Morgan fingerprint density at radius 3 is 1.51 bits per heavy atom. The molecule has 0 aromatic rings. The molecule has 0 saturated heterocycles. The van der Waals surface area contributed by atoms with E-state index in [1.807, 2.05) is 0 Å². The van der Waals surface area contributed by atoms with E-state index in [9.17, 15) is 38.7 Å². The number of imide groups is 1. The lowest BCUT2D eigenvalue weighted by molar-refractivity contribution is -0.137. The number of unbranched alkanes of at least 4 members (excludes halogenated alkanes) is 1. The molecule has 0 saturated carbocycles. The van der Waals surface area contributed by atoms with Crippen LogP contribution in [-0.4, -0.2) is 201 Å². The molecule has 374 valence electrons. The zero-order chi connectivity index (χ0) is 48.1. The van der Waals surface area contributed by atoms with Crippen LogP contribution in [0.15, 0.2) is 12.2 Å². The van der Waals surface area contributed by atoms with E-state index in [0.717, 1.165) is 4.90 Å². The standard InChI is InChI=1S/C43H75N5O17/c1-33(2)40(41(55)46-34(35(50)32-49)8-6-7-13-45-42(56)65-43(3,4)5)47-37(52)12-16-57-18-20-59-22-24-61-26-28-63-30-31-64-29-27-62-25-23-60-21-19-58-17-14-44-36(51)11-15-48-38(53)9-10-39(48)54/h9-10,33-34,40,49H,6-8,11-32H2,1-5H3,(H,44,51)(H,45,56)(H,46,55)(H,47,52)/t34-,40-/m0/s1. The van der Waals surface area contributed by atoms with Crippen molar-refractivity contribution in [1.29, 1.82) is 0 Å². The number of ketones is 1. The Morgan fingerprint density at radius 2 is 1.06 bits per heavy atom. The fourth-order valence-corrected chi connectivity index (χ4v) is 5.47. The number of carbonyl (C=O) groups excluding carboxylic acids is 7. The summed E-state index contributed by atoms with van der Waals surface area (Å²) in [5.41, 5.74) is -0.620. The Bertz CT molecular complexity index is 1390. The van der Waals surface area contributed by atoms with Gasteiger partial charge in [-0.2, -0.15) is 0 Å². The molecule has 0 aromatic heterocycles. The predicted molar refractivity (Wildman–Crippen MR) is 234 cm³/mol. The molecule has 0 aromatic carbocycles. The van der Waals surface area contributed by atoms with E-state index in [0.29, 0.717) is 118 Å². The Morgan fingerprint density at radius 1 is 0.600 bits per heavy atom. The van der Waals surface area contributed by atoms with E-state index in [1.54, 1.807) is 34.6 Å². The molecule has 0 bridgehead atoms. The minimum absolute atomic E-state index is 0.0157. The van der Waals surface area contributed by atoms with Gasteiger partial charge in [0.05, 0.1) is 112 Å². The Kier molecular flexibility index (Phi) is 33.5. The van der Waals surface area contributed by atoms with Crippen LogP contribution in [0, 0.1) is 5.92 Å². The van der Waals surface area contributed by atoms with Crippen LogP contribution in [0.3, 0.4) is 0 Å². The second-order valence-electron chi connectivity index (χ2n) is 15.8. The first kappa shape index (κ1) is 58.9. The molecule has 0 spiro atoms. The second kappa shape index (κ2) is 37.0. The number of Topliss-reactive ketones (excluding diaryl/α,β-unsaturated/α-hetero) is 1. The summed E-state index contributed by atoms with van der Waals surface area (Å²) >= 11 is 0. The van der Waals surface area contributed by atoms with Crippen LogP contribution in [0.4, 0.5) is 4.79 Å². The van der Waals surface area contributed by atoms with Crippen molar-refractivity contribution < 1.29 is 81.3 Å². The minimum Gasteiger partial charge on any atom is -0.444 e. The van der Waals surface area contributed by atoms with E-state index in [1.165, 1.54) is 12.2 Å². The smallest absolute Gasteiger partial charge is 0.407 e. The van der Waals surface area contributed by atoms with Crippen molar-refractivity contribution >= 4 is 41.4 Å². The topological polar surface area (TPSA) is 274 Å². The number of hydrogen-bond donors (Lipinski definition) is 5. The summed E-state index contributed by atoms with van der Waals surface area (Å²) in [6.07, 6.45) is 3.13. The average Bonchev–Trinajstić information content (AvgIpc) is 3.58. The van der Waals surface area contributed by atoms with Crippen molar-refractivity contribution in [2.45, 2.75) is 84.4 Å². The van der Waals surface area contributed by atoms with Gasteiger partial charge in [0.25, 0.3) is 11.8 Å². The number of ether oxygens (including phenoxy) is 9. The van der Waals surface area contributed by atoms with Gasteiger partial charge in [0.2, 0.25) is 17.7 Å². The first-order valence-corrected chi connectivity index (χ1v) is 22.3. The van der Waals surface area contributed by atoms with Crippen molar-refractivity contribution in [2.75, 3.05) is 132 Å². The molecule has 1 aliphatic heterocycles. The van der Waals surface area contributed by atoms with Crippen LogP contribution in [0.25, 0.3) is 0 Å². The third-order valence-corrected chi connectivity index (χ3v) is 8.82. The van der Waals surface area contributed by atoms with Gasteiger partial charge in [0, 0.05) is 44.6 Å². The van der Waals surface area contributed by atoms with Crippen LogP contribution in [0.2, 0.25) is 0 Å². The monoisotopic (exact) mass is 934 g/mol. The summed E-state index contributed by atoms with van der Waals surface area (Å²) in [6.45, 7) is 14.5. The molecule has 1 heterocycles. The molecular formula is C43H75N5O17. The normalized spacial score (nSPS) is 13.6. The number of rotatable bonds is 41. The predicted octanol–water partition coefficient (Wildman–Crippen LogP) is -0.177. The number of carbonyl (C=O) groups is 7. The van der Waals surface area contributed by atoms with Gasteiger partial charge in [-0.1, -0.05) is 13.8 Å². The van der Waals surface area contributed by atoms with Gasteiger partial charge in [0.1, 0.15) is 18.2 Å². The highest BCUT2D eigenvalue weighted by atomic mass is 16.6. The molecular weight excluding hydrogens is 858 g/mol. The highest BCUT2D eigenvalue weighted by Gasteiger charge is 2.28. The fraction of sp³-hybridized carbons (Fsp3) is 0.791. The van der Waals surface area contributed by atoms with Crippen molar-refractivity contribution in [3.05, 3.63) is 12.2 Å². The highest BCUT2D eigenvalue weighted by Crippen LogP contribution is 2.09. The Hall–Kier alpha value is -4.13. The van der Waals surface area contributed by atoms with E-state index in [2.05, 4.69) is 21.3 Å². The molecule has 5 N–H and O–H groups in total. The number of nitrogens with zero attached hydrogens (tertiary/aromatic N) is 1. The number of aliphatic hydroxyl groups is 1. The average molecular weight is 934 g/mol. The lowest BCUT2D eigenvalue weighted by Crippen LogP contribution is -2.54. The van der Waals surface area contributed by atoms with E-state index >= 15 is 0 Å². The molecule has 0 radical (unpaired) electrons. The third kappa shape index (κ3) is 32.2. The van der Waals surface area contributed by atoms with Crippen LogP contribution >= 0.6 is 0 Å². The maximum absolute atomic E-state index is 13.1. The minimum atomic E-state index is -0.942. The highest BCUT2D eigenvalue weighted by molar-refractivity contribution is 6.13. The maximum atomic E-state index is 13.1.